The molecule has 0 saturated carbocycles. The number of benzene rings is 1. The zero-order valence-electron chi connectivity index (χ0n) is 15.5. The second-order valence-corrected chi connectivity index (χ2v) is 8.28. The monoisotopic (exact) mass is 409 g/mol. The van der Waals surface area contributed by atoms with E-state index in [0.717, 1.165) is 25.0 Å². The van der Waals surface area contributed by atoms with E-state index < -0.39 is 21.4 Å². The fourth-order valence-electron chi connectivity index (χ4n) is 2.23. The van der Waals surface area contributed by atoms with Crippen LogP contribution in [0.25, 0.3) is 0 Å². The van der Waals surface area contributed by atoms with Gasteiger partial charge in [0.25, 0.3) is 0 Å². The lowest BCUT2D eigenvalue weighted by Gasteiger charge is -2.26. The molecule has 0 unspecified atom stereocenters. The Hall–Kier alpha value is -1.22. The summed E-state index contributed by atoms with van der Waals surface area (Å²) in [6, 6.07) is 4.66. The number of nitrogens with zero attached hydrogens (tertiary/aromatic N) is 1. The van der Waals surface area contributed by atoms with Gasteiger partial charge in [-0.3, -0.25) is 4.79 Å². The van der Waals surface area contributed by atoms with Crippen LogP contribution in [0.5, 0.6) is 0 Å². The lowest BCUT2D eigenvalue weighted by Crippen LogP contribution is -2.49. The van der Waals surface area contributed by atoms with E-state index in [9.17, 15) is 17.6 Å². The fourth-order valence-corrected chi connectivity index (χ4v) is 3.44. The SMILES string of the molecule is CCC(N)(CC)CNC(=O)CCCN(C)S(=O)(=O)c1ccc(F)cc1.Cl. The molecule has 1 aromatic rings. The molecule has 1 aromatic carbocycles. The third-order valence-electron chi connectivity index (χ3n) is 4.44. The molecule has 0 aliphatic carbocycles. The molecule has 0 aliphatic rings. The molecule has 26 heavy (non-hydrogen) atoms. The smallest absolute Gasteiger partial charge is 0.242 e. The van der Waals surface area contributed by atoms with Crippen molar-refractivity contribution < 1.29 is 17.6 Å². The second-order valence-electron chi connectivity index (χ2n) is 6.23. The summed E-state index contributed by atoms with van der Waals surface area (Å²) in [6.07, 6.45) is 2.14. The molecule has 6 nitrogen and oxygen atoms in total. The Balaban J connectivity index is 0.00000625. The summed E-state index contributed by atoms with van der Waals surface area (Å²) in [5.41, 5.74) is 5.72. The molecule has 0 heterocycles. The van der Waals surface area contributed by atoms with Crippen molar-refractivity contribution in [3.63, 3.8) is 0 Å². The molecule has 3 N–H and O–H groups in total. The van der Waals surface area contributed by atoms with E-state index in [-0.39, 0.29) is 36.2 Å². The molecule has 9 heteroatoms. The van der Waals surface area contributed by atoms with Gasteiger partial charge in [-0.1, -0.05) is 13.8 Å². The van der Waals surface area contributed by atoms with Gasteiger partial charge in [-0.25, -0.2) is 17.1 Å². The Kier molecular flexibility index (Phi) is 10.3. The van der Waals surface area contributed by atoms with Crippen molar-refractivity contribution >= 4 is 28.3 Å². The lowest BCUT2D eigenvalue weighted by molar-refractivity contribution is -0.121. The van der Waals surface area contributed by atoms with Crippen LogP contribution in [0, 0.1) is 5.82 Å². The third-order valence-corrected chi connectivity index (χ3v) is 6.32. The van der Waals surface area contributed by atoms with Gasteiger partial charge in [0.1, 0.15) is 5.82 Å². The van der Waals surface area contributed by atoms with E-state index >= 15 is 0 Å². The Morgan fingerprint density at radius 3 is 2.27 bits per heavy atom. The first-order valence-corrected chi connectivity index (χ1v) is 9.86. The van der Waals surface area contributed by atoms with E-state index in [0.29, 0.717) is 13.0 Å². The van der Waals surface area contributed by atoms with Gasteiger partial charge < -0.3 is 11.1 Å². The first kappa shape index (κ1) is 24.8. The number of carbonyl (C=O) groups excluding carboxylic acids is 1. The van der Waals surface area contributed by atoms with Crippen LogP contribution in [0.2, 0.25) is 0 Å². The standard InChI is InChI=1S/C17H28FN3O3S.ClH/c1-4-17(19,5-2)13-20-16(22)7-6-12-21(3)25(23,24)15-10-8-14(18)9-11-15;/h8-11H,4-7,12-13,19H2,1-3H3,(H,20,22);1H. The van der Waals surface area contributed by atoms with E-state index in [1.165, 1.54) is 23.5 Å². The van der Waals surface area contributed by atoms with E-state index in [2.05, 4.69) is 5.32 Å². The molecule has 150 valence electrons. The van der Waals surface area contributed by atoms with E-state index in [1.54, 1.807) is 0 Å². The number of nitrogens with two attached hydrogens (primary N) is 1. The van der Waals surface area contributed by atoms with Crippen LogP contribution in [0.15, 0.2) is 29.2 Å². The Morgan fingerprint density at radius 1 is 1.23 bits per heavy atom. The number of sulfonamides is 1. The number of carbonyl (C=O) groups is 1. The van der Waals surface area contributed by atoms with E-state index in [1.807, 2.05) is 13.8 Å². The van der Waals surface area contributed by atoms with Crippen LogP contribution in [0.4, 0.5) is 4.39 Å². The van der Waals surface area contributed by atoms with Crippen LogP contribution in [-0.4, -0.2) is 44.3 Å². The van der Waals surface area contributed by atoms with Crippen LogP contribution in [0.3, 0.4) is 0 Å². The molecule has 0 bridgehead atoms. The van der Waals surface area contributed by atoms with Crippen molar-refractivity contribution in [2.24, 2.45) is 5.73 Å². The van der Waals surface area contributed by atoms with Gasteiger partial charge in [-0.15, -0.1) is 12.4 Å². The molecular weight excluding hydrogens is 381 g/mol. The molecule has 1 amide bonds. The summed E-state index contributed by atoms with van der Waals surface area (Å²) in [5, 5.41) is 2.80. The first-order chi connectivity index (χ1) is 11.6. The highest BCUT2D eigenvalue weighted by atomic mass is 35.5. The number of hydrogen-bond donors (Lipinski definition) is 2. The summed E-state index contributed by atoms with van der Waals surface area (Å²) in [5.74, 6) is -0.641. The number of halogens is 2. The van der Waals surface area contributed by atoms with Crippen molar-refractivity contribution in [1.29, 1.82) is 0 Å². The van der Waals surface area contributed by atoms with Gasteiger partial charge in [-0.2, -0.15) is 0 Å². The minimum Gasteiger partial charge on any atom is -0.354 e. The van der Waals surface area contributed by atoms with Gasteiger partial charge in [0.2, 0.25) is 15.9 Å². The van der Waals surface area contributed by atoms with Gasteiger partial charge in [-0.05, 0) is 43.5 Å². The fraction of sp³-hybridized carbons (Fsp3) is 0.588. The largest absolute Gasteiger partial charge is 0.354 e. The topological polar surface area (TPSA) is 92.5 Å². The molecule has 0 fully saturated rings. The van der Waals surface area contributed by atoms with Gasteiger partial charge >= 0.3 is 0 Å². The van der Waals surface area contributed by atoms with E-state index in [4.69, 9.17) is 5.73 Å². The van der Waals surface area contributed by atoms with Crippen LogP contribution < -0.4 is 11.1 Å². The molecule has 0 radical (unpaired) electrons. The quantitative estimate of drug-likeness (QED) is 0.620. The van der Waals surface area contributed by atoms with Crippen molar-refractivity contribution in [1.82, 2.24) is 9.62 Å². The molecule has 0 saturated heterocycles. The third kappa shape index (κ3) is 7.19. The van der Waals surface area contributed by atoms with Crippen molar-refractivity contribution in [2.45, 2.75) is 50.0 Å². The van der Waals surface area contributed by atoms with Gasteiger partial charge in [0.05, 0.1) is 4.90 Å². The summed E-state index contributed by atoms with van der Waals surface area (Å²) in [6.45, 7) is 4.56. The van der Waals surface area contributed by atoms with Gasteiger partial charge in [0.15, 0.2) is 0 Å². The maximum Gasteiger partial charge on any atom is 0.242 e. The number of amides is 1. The normalized spacial score (nSPS) is 11.9. The Bertz CT molecular complexity index is 664. The molecule has 0 aliphatic heterocycles. The number of rotatable bonds is 10. The summed E-state index contributed by atoms with van der Waals surface area (Å²) in [7, 11) is -2.24. The molecule has 1 rings (SSSR count). The molecular formula is C17H29ClFN3O3S. The zero-order chi connectivity index (χ0) is 19.1. The Morgan fingerprint density at radius 2 is 1.77 bits per heavy atom. The van der Waals surface area contributed by atoms with Crippen LogP contribution in [-0.2, 0) is 14.8 Å². The summed E-state index contributed by atoms with van der Waals surface area (Å²) < 4.78 is 38.8. The average Bonchev–Trinajstić information content (AvgIpc) is 2.60. The predicted octanol–water partition coefficient (Wildman–Crippen LogP) is 2.28. The zero-order valence-corrected chi connectivity index (χ0v) is 17.1. The minimum atomic E-state index is -3.68. The summed E-state index contributed by atoms with van der Waals surface area (Å²) >= 11 is 0. The van der Waals surface area contributed by atoms with Gasteiger partial charge in [0, 0.05) is 32.1 Å². The van der Waals surface area contributed by atoms with Crippen molar-refractivity contribution in [2.75, 3.05) is 20.1 Å². The maximum absolute atomic E-state index is 12.9. The van der Waals surface area contributed by atoms with Crippen molar-refractivity contribution in [3.05, 3.63) is 30.1 Å². The van der Waals surface area contributed by atoms with Crippen LogP contribution in [0.1, 0.15) is 39.5 Å². The highest BCUT2D eigenvalue weighted by Crippen LogP contribution is 2.15. The minimum absolute atomic E-state index is 0. The Labute approximate surface area is 161 Å². The summed E-state index contributed by atoms with van der Waals surface area (Å²) in [4.78, 5) is 11.9. The highest BCUT2D eigenvalue weighted by molar-refractivity contribution is 7.89. The lowest BCUT2D eigenvalue weighted by atomic mass is 9.94. The van der Waals surface area contributed by atoms with Crippen molar-refractivity contribution in [3.8, 4) is 0 Å². The average molecular weight is 410 g/mol. The molecule has 0 atom stereocenters. The second kappa shape index (κ2) is 10.8. The number of nitrogens with one attached hydrogen (secondary N) is 1. The predicted molar refractivity (Wildman–Crippen MR) is 103 cm³/mol. The first-order valence-electron chi connectivity index (χ1n) is 8.42. The van der Waals surface area contributed by atoms with Crippen LogP contribution >= 0.6 is 12.4 Å². The number of hydrogen-bond acceptors (Lipinski definition) is 4. The molecule has 0 aromatic heterocycles. The highest BCUT2D eigenvalue weighted by Gasteiger charge is 2.22. The maximum atomic E-state index is 12.9. The molecule has 0 spiro atoms.